The van der Waals surface area contributed by atoms with Crippen molar-refractivity contribution in [3.8, 4) is 22.5 Å². The summed E-state index contributed by atoms with van der Waals surface area (Å²) in [5.74, 6) is 0.545. The molecule has 0 aliphatic heterocycles. The number of nitrogens with one attached hydrogen (secondary N) is 2. The van der Waals surface area contributed by atoms with Gasteiger partial charge in [0.15, 0.2) is 5.82 Å². The van der Waals surface area contributed by atoms with Gasteiger partial charge in [0.1, 0.15) is 5.82 Å². The lowest BCUT2D eigenvalue weighted by Crippen LogP contribution is -2.20. The number of aromatic amines is 2. The van der Waals surface area contributed by atoms with Gasteiger partial charge in [-0.15, -0.1) is 0 Å². The van der Waals surface area contributed by atoms with Gasteiger partial charge in [0, 0.05) is 24.0 Å². The fourth-order valence-electron chi connectivity index (χ4n) is 3.79. The van der Waals surface area contributed by atoms with Gasteiger partial charge in [0.05, 0.1) is 5.69 Å². The Morgan fingerprint density at radius 3 is 2.34 bits per heavy atom. The van der Waals surface area contributed by atoms with E-state index in [-0.39, 0.29) is 5.56 Å². The van der Waals surface area contributed by atoms with Gasteiger partial charge in [-0.3, -0.25) is 14.3 Å². The third-order valence-corrected chi connectivity index (χ3v) is 5.52. The fourth-order valence-corrected chi connectivity index (χ4v) is 3.79. The van der Waals surface area contributed by atoms with Crippen molar-refractivity contribution in [2.75, 3.05) is 0 Å². The number of H-pyrrole nitrogens is 2. The maximum atomic E-state index is 12.7. The smallest absolute Gasteiger partial charge is 0.310 e. The molecule has 0 aliphatic carbocycles. The minimum atomic E-state index is -0.586. The first kappa shape index (κ1) is 21.5. The molecule has 0 spiro atoms. The normalized spacial score (nSPS) is 11.1. The summed E-state index contributed by atoms with van der Waals surface area (Å²) in [4.78, 5) is 34.3. The molecule has 0 aliphatic rings. The molecule has 0 saturated heterocycles. The van der Waals surface area contributed by atoms with Crippen LogP contribution in [0.4, 0.5) is 0 Å². The Kier molecular flexibility index (Phi) is 6.44. The largest absolute Gasteiger partial charge is 0.439 e. The molecule has 0 fully saturated rings. The van der Waals surface area contributed by atoms with Gasteiger partial charge in [0.2, 0.25) is 0 Å². The van der Waals surface area contributed by atoms with Gasteiger partial charge in [-0.2, -0.15) is 0 Å². The molecule has 0 atom stereocenters. The molecule has 4 rings (SSSR count). The standard InChI is InChI=1S/C25H26N4O3/c1-3-5-10-21-20(24(30)27-22(4-2)26-21)15-16-11-13-17(14-12-16)18-8-6-7-9-19(18)23-28-25(31)32-29-23/h6-9,11-14H,3-5,10,15H2,1-2H3,(H,26,27,30)(H,28,29,31). The molecule has 0 radical (unpaired) electrons. The summed E-state index contributed by atoms with van der Waals surface area (Å²) >= 11 is 0. The molecule has 0 amide bonds. The maximum Gasteiger partial charge on any atom is 0.439 e. The highest BCUT2D eigenvalue weighted by atomic mass is 16.5. The third kappa shape index (κ3) is 4.61. The first-order valence-corrected chi connectivity index (χ1v) is 10.9. The summed E-state index contributed by atoms with van der Waals surface area (Å²) in [6.07, 6.45) is 4.11. The van der Waals surface area contributed by atoms with Crippen LogP contribution in [0.15, 0.2) is 62.6 Å². The van der Waals surface area contributed by atoms with Gasteiger partial charge in [-0.25, -0.2) is 9.78 Å². The number of hydrogen-bond donors (Lipinski definition) is 2. The van der Waals surface area contributed by atoms with E-state index >= 15 is 0 Å². The molecule has 0 bridgehead atoms. The van der Waals surface area contributed by atoms with Crippen molar-refractivity contribution < 1.29 is 4.52 Å². The maximum absolute atomic E-state index is 12.7. The molecule has 0 saturated carbocycles. The van der Waals surface area contributed by atoms with E-state index < -0.39 is 5.76 Å². The van der Waals surface area contributed by atoms with E-state index in [2.05, 4.69) is 26.6 Å². The molecule has 7 heteroatoms. The van der Waals surface area contributed by atoms with Gasteiger partial charge >= 0.3 is 5.76 Å². The zero-order valence-electron chi connectivity index (χ0n) is 18.3. The summed E-state index contributed by atoms with van der Waals surface area (Å²) in [6.45, 7) is 4.13. The van der Waals surface area contributed by atoms with Crippen molar-refractivity contribution in [1.82, 2.24) is 20.1 Å². The minimum Gasteiger partial charge on any atom is -0.310 e. The van der Waals surface area contributed by atoms with E-state index in [4.69, 9.17) is 4.98 Å². The highest BCUT2D eigenvalue weighted by Gasteiger charge is 2.14. The molecule has 7 nitrogen and oxygen atoms in total. The first-order chi connectivity index (χ1) is 15.6. The zero-order valence-corrected chi connectivity index (χ0v) is 18.3. The average molecular weight is 431 g/mol. The van der Waals surface area contributed by atoms with Gasteiger partial charge < -0.3 is 4.98 Å². The Bertz CT molecular complexity index is 1320. The van der Waals surface area contributed by atoms with Crippen LogP contribution in [0.25, 0.3) is 22.5 Å². The number of rotatable bonds is 8. The van der Waals surface area contributed by atoms with Crippen LogP contribution in [0.2, 0.25) is 0 Å². The fraction of sp³-hybridized carbons (Fsp3) is 0.280. The minimum absolute atomic E-state index is 0.0487. The van der Waals surface area contributed by atoms with E-state index in [1.165, 1.54) is 0 Å². The second-order valence-electron chi connectivity index (χ2n) is 7.76. The lowest BCUT2D eigenvalue weighted by Gasteiger charge is -2.11. The number of unbranched alkanes of at least 4 members (excludes halogenated alkanes) is 1. The van der Waals surface area contributed by atoms with Gasteiger partial charge in [-0.05, 0) is 29.5 Å². The van der Waals surface area contributed by atoms with Crippen LogP contribution in [0, 0.1) is 0 Å². The van der Waals surface area contributed by atoms with Crippen LogP contribution in [-0.4, -0.2) is 20.1 Å². The molecule has 2 aromatic carbocycles. The molecule has 164 valence electrons. The molecule has 32 heavy (non-hydrogen) atoms. The number of aromatic nitrogens is 4. The molecular weight excluding hydrogens is 404 g/mol. The Balaban J connectivity index is 1.64. The topological polar surface area (TPSA) is 105 Å². The van der Waals surface area contributed by atoms with Crippen molar-refractivity contribution in [3.63, 3.8) is 0 Å². The van der Waals surface area contributed by atoms with Crippen molar-refractivity contribution in [3.05, 3.63) is 92.1 Å². The van der Waals surface area contributed by atoms with Crippen LogP contribution in [0.5, 0.6) is 0 Å². The van der Waals surface area contributed by atoms with E-state index in [1.807, 2.05) is 55.5 Å². The second kappa shape index (κ2) is 9.60. The predicted molar refractivity (Wildman–Crippen MR) is 124 cm³/mol. The molecule has 2 aromatic heterocycles. The number of nitrogens with zero attached hydrogens (tertiary/aromatic N) is 2. The summed E-state index contributed by atoms with van der Waals surface area (Å²) in [5, 5.41) is 3.82. The zero-order chi connectivity index (χ0) is 22.5. The van der Waals surface area contributed by atoms with E-state index in [0.29, 0.717) is 18.7 Å². The number of hydrogen-bond acceptors (Lipinski definition) is 5. The summed E-state index contributed by atoms with van der Waals surface area (Å²) in [5.41, 5.74) is 5.32. The van der Waals surface area contributed by atoms with E-state index in [9.17, 15) is 9.59 Å². The van der Waals surface area contributed by atoms with E-state index in [1.54, 1.807) is 0 Å². The highest BCUT2D eigenvalue weighted by molar-refractivity contribution is 5.80. The Labute approximate surface area is 185 Å². The first-order valence-electron chi connectivity index (χ1n) is 10.9. The highest BCUT2D eigenvalue weighted by Crippen LogP contribution is 2.30. The lowest BCUT2D eigenvalue weighted by molar-refractivity contribution is 0.388. The molecular formula is C25H26N4O3. The van der Waals surface area contributed by atoms with Crippen LogP contribution >= 0.6 is 0 Å². The predicted octanol–water partition coefficient (Wildman–Crippen LogP) is 4.28. The quantitative estimate of drug-likeness (QED) is 0.434. The van der Waals surface area contributed by atoms with Crippen molar-refractivity contribution in [1.29, 1.82) is 0 Å². The Hall–Kier alpha value is -3.74. The monoisotopic (exact) mass is 430 g/mol. The second-order valence-corrected chi connectivity index (χ2v) is 7.76. The third-order valence-electron chi connectivity index (χ3n) is 5.52. The molecule has 4 aromatic rings. The van der Waals surface area contributed by atoms with Crippen LogP contribution in [-0.2, 0) is 19.3 Å². The molecule has 2 N–H and O–H groups in total. The lowest BCUT2D eigenvalue weighted by atomic mass is 9.96. The summed E-state index contributed by atoms with van der Waals surface area (Å²) < 4.78 is 4.66. The average Bonchev–Trinajstić information content (AvgIpc) is 3.26. The molecule has 2 heterocycles. The Morgan fingerprint density at radius 2 is 1.69 bits per heavy atom. The van der Waals surface area contributed by atoms with Gasteiger partial charge in [-0.1, -0.05) is 74.0 Å². The Morgan fingerprint density at radius 1 is 0.938 bits per heavy atom. The van der Waals surface area contributed by atoms with Crippen molar-refractivity contribution in [2.45, 2.75) is 46.0 Å². The summed E-state index contributed by atoms with van der Waals surface area (Å²) in [7, 11) is 0. The van der Waals surface area contributed by atoms with Crippen LogP contribution in [0.3, 0.4) is 0 Å². The summed E-state index contributed by atoms with van der Waals surface area (Å²) in [6, 6.07) is 15.8. The van der Waals surface area contributed by atoms with Gasteiger partial charge in [0.25, 0.3) is 5.56 Å². The van der Waals surface area contributed by atoms with E-state index in [0.717, 1.165) is 58.6 Å². The number of aryl methyl sites for hydroxylation is 2. The van der Waals surface area contributed by atoms with Crippen LogP contribution in [0.1, 0.15) is 49.3 Å². The van der Waals surface area contributed by atoms with Crippen molar-refractivity contribution >= 4 is 0 Å². The van der Waals surface area contributed by atoms with Crippen molar-refractivity contribution in [2.24, 2.45) is 0 Å². The molecule has 0 unspecified atom stereocenters. The van der Waals surface area contributed by atoms with Crippen LogP contribution < -0.4 is 11.3 Å². The number of benzene rings is 2. The SMILES string of the molecule is CCCCc1nc(CC)[nH]c(=O)c1Cc1ccc(-c2ccccc2-c2noc(=O)[nH]2)cc1.